The van der Waals surface area contributed by atoms with Crippen LogP contribution in [0.1, 0.15) is 22.9 Å². The summed E-state index contributed by atoms with van der Waals surface area (Å²) in [4.78, 5) is 26.1. The first kappa shape index (κ1) is 17.9. The van der Waals surface area contributed by atoms with E-state index in [1.165, 1.54) is 0 Å². The zero-order chi connectivity index (χ0) is 18.6. The van der Waals surface area contributed by atoms with Gasteiger partial charge in [-0.1, -0.05) is 30.3 Å². The van der Waals surface area contributed by atoms with Gasteiger partial charge in [-0.05, 0) is 12.0 Å². The Hall–Kier alpha value is -2.51. The molecule has 0 aliphatic carbocycles. The van der Waals surface area contributed by atoms with E-state index in [4.69, 9.17) is 9.47 Å². The molecule has 1 atom stereocenters. The summed E-state index contributed by atoms with van der Waals surface area (Å²) in [5.41, 5.74) is 2.94. The Morgan fingerprint density at radius 2 is 1.93 bits per heavy atom. The van der Waals surface area contributed by atoms with Crippen molar-refractivity contribution in [1.29, 1.82) is 0 Å². The van der Waals surface area contributed by atoms with Crippen molar-refractivity contribution in [2.45, 2.75) is 19.1 Å². The maximum absolute atomic E-state index is 13.1. The summed E-state index contributed by atoms with van der Waals surface area (Å²) in [6.07, 6.45) is 1.76. The van der Waals surface area contributed by atoms with Crippen molar-refractivity contribution in [2.24, 2.45) is 0 Å². The van der Waals surface area contributed by atoms with Crippen LogP contribution in [0, 0.1) is 0 Å². The highest BCUT2D eigenvalue weighted by molar-refractivity contribution is 5.82. The molecule has 1 aromatic carbocycles. The molecule has 4 rings (SSSR count). The van der Waals surface area contributed by atoms with Crippen LogP contribution in [0.2, 0.25) is 0 Å². The average molecular weight is 368 g/mol. The Balaban J connectivity index is 1.53. The molecule has 0 bridgehead atoms. The predicted molar refractivity (Wildman–Crippen MR) is 100 cm³/mol. The molecule has 142 valence electrons. The summed E-state index contributed by atoms with van der Waals surface area (Å²) in [7, 11) is 1.58. The van der Waals surface area contributed by atoms with Gasteiger partial charge in [-0.2, -0.15) is 0 Å². The van der Waals surface area contributed by atoms with Gasteiger partial charge in [0.25, 0.3) is 5.91 Å². The molecule has 7 nitrogen and oxygen atoms in total. The van der Waals surface area contributed by atoms with Crippen molar-refractivity contribution in [3.63, 3.8) is 0 Å². The minimum atomic E-state index is -0.590. The van der Waals surface area contributed by atoms with Crippen molar-refractivity contribution in [1.82, 2.24) is 14.9 Å². The Kier molecular flexibility index (Phi) is 5.31. The minimum absolute atomic E-state index is 0.0270. The quantitative estimate of drug-likeness (QED) is 0.816. The number of nitrogens with zero attached hydrogens (tertiary/aromatic N) is 4. The Bertz CT molecular complexity index is 793. The number of hydrogen-bond acceptors (Lipinski definition) is 6. The van der Waals surface area contributed by atoms with Gasteiger partial charge in [0.2, 0.25) is 0 Å². The number of carbonyl (C=O) groups is 1. The first-order chi connectivity index (χ1) is 13.3. The van der Waals surface area contributed by atoms with Gasteiger partial charge < -0.3 is 19.3 Å². The smallest absolute Gasteiger partial charge is 0.256 e. The second kappa shape index (κ2) is 8.02. The van der Waals surface area contributed by atoms with Gasteiger partial charge in [0.05, 0.1) is 25.5 Å². The highest BCUT2D eigenvalue weighted by Crippen LogP contribution is 2.28. The van der Waals surface area contributed by atoms with Crippen molar-refractivity contribution in [2.75, 3.05) is 44.9 Å². The van der Waals surface area contributed by atoms with Crippen LogP contribution in [0.4, 0.5) is 5.82 Å². The van der Waals surface area contributed by atoms with E-state index in [1.54, 1.807) is 13.4 Å². The van der Waals surface area contributed by atoms with E-state index < -0.39 is 6.10 Å². The molecule has 1 fully saturated rings. The van der Waals surface area contributed by atoms with Crippen LogP contribution in [-0.4, -0.2) is 60.7 Å². The number of benzene rings is 1. The monoisotopic (exact) mass is 368 g/mol. The summed E-state index contributed by atoms with van der Waals surface area (Å²) < 4.78 is 11.0. The molecule has 1 aromatic heterocycles. The molecule has 2 aliphatic heterocycles. The first-order valence-corrected chi connectivity index (χ1v) is 9.30. The van der Waals surface area contributed by atoms with Crippen LogP contribution in [-0.2, 0) is 27.2 Å². The Labute approximate surface area is 158 Å². The first-order valence-electron chi connectivity index (χ1n) is 9.30. The van der Waals surface area contributed by atoms with Crippen LogP contribution in [0.5, 0.6) is 0 Å². The van der Waals surface area contributed by atoms with Gasteiger partial charge >= 0.3 is 0 Å². The maximum atomic E-state index is 13.1. The summed E-state index contributed by atoms with van der Waals surface area (Å²) in [6, 6.07) is 9.61. The fraction of sp³-hybridized carbons (Fsp3) is 0.450. The van der Waals surface area contributed by atoms with Crippen LogP contribution >= 0.6 is 0 Å². The lowest BCUT2D eigenvalue weighted by Crippen LogP contribution is -2.42. The van der Waals surface area contributed by atoms with Gasteiger partial charge in [0, 0.05) is 32.3 Å². The number of rotatable bonds is 4. The lowest BCUT2D eigenvalue weighted by atomic mass is 10.0. The minimum Gasteiger partial charge on any atom is -0.378 e. The largest absolute Gasteiger partial charge is 0.378 e. The van der Waals surface area contributed by atoms with E-state index in [0.717, 1.165) is 55.4 Å². The van der Waals surface area contributed by atoms with Crippen molar-refractivity contribution in [3.8, 4) is 0 Å². The number of amides is 1. The highest BCUT2D eigenvalue weighted by atomic mass is 16.5. The summed E-state index contributed by atoms with van der Waals surface area (Å²) >= 11 is 0. The Morgan fingerprint density at radius 1 is 1.15 bits per heavy atom. The van der Waals surface area contributed by atoms with Gasteiger partial charge in [-0.3, -0.25) is 4.79 Å². The second-order valence-corrected chi connectivity index (χ2v) is 6.76. The molecule has 7 heteroatoms. The van der Waals surface area contributed by atoms with Crippen LogP contribution in [0.3, 0.4) is 0 Å². The molecule has 0 saturated carbocycles. The van der Waals surface area contributed by atoms with E-state index in [1.807, 2.05) is 35.2 Å². The summed E-state index contributed by atoms with van der Waals surface area (Å²) in [5.74, 6) is 0.961. The van der Waals surface area contributed by atoms with Crippen molar-refractivity contribution in [3.05, 3.63) is 53.5 Å². The SMILES string of the molecule is CO[C@@H](C(=O)N1CCc2c(ncnc2N2CCOCC2)C1)c1ccccc1. The lowest BCUT2D eigenvalue weighted by molar-refractivity contribution is -0.143. The average Bonchev–Trinajstić information content (AvgIpc) is 2.75. The molecular formula is C20H24N4O3. The third kappa shape index (κ3) is 3.65. The zero-order valence-electron chi connectivity index (χ0n) is 15.5. The number of hydrogen-bond donors (Lipinski definition) is 0. The highest BCUT2D eigenvalue weighted by Gasteiger charge is 2.31. The number of methoxy groups -OCH3 is 1. The van der Waals surface area contributed by atoms with E-state index in [0.29, 0.717) is 13.1 Å². The molecule has 2 aliphatic rings. The molecule has 0 spiro atoms. The van der Waals surface area contributed by atoms with E-state index >= 15 is 0 Å². The number of anilines is 1. The fourth-order valence-corrected chi connectivity index (χ4v) is 3.75. The molecule has 0 N–H and O–H groups in total. The third-order valence-electron chi connectivity index (χ3n) is 5.17. The molecule has 0 unspecified atom stereocenters. The number of morpholine rings is 1. The molecule has 0 radical (unpaired) electrons. The van der Waals surface area contributed by atoms with Gasteiger partial charge in [-0.25, -0.2) is 9.97 Å². The molecule has 3 heterocycles. The molecular weight excluding hydrogens is 344 g/mol. The topological polar surface area (TPSA) is 67.8 Å². The van der Waals surface area contributed by atoms with E-state index in [2.05, 4.69) is 14.9 Å². The maximum Gasteiger partial charge on any atom is 0.256 e. The predicted octanol–water partition coefficient (Wildman–Crippen LogP) is 1.59. The lowest BCUT2D eigenvalue weighted by Gasteiger charge is -2.34. The standard InChI is InChI=1S/C20H24N4O3/c1-26-18(15-5-3-2-4-6-15)20(25)24-8-7-16-17(13-24)21-14-22-19(16)23-9-11-27-12-10-23/h2-6,14,18H,7-13H2,1H3/t18-/m1/s1. The van der Waals surface area contributed by atoms with Crippen LogP contribution in [0.15, 0.2) is 36.7 Å². The fourth-order valence-electron chi connectivity index (χ4n) is 3.75. The van der Waals surface area contributed by atoms with Crippen LogP contribution in [0.25, 0.3) is 0 Å². The molecule has 2 aromatic rings. The summed E-state index contributed by atoms with van der Waals surface area (Å²) in [5, 5.41) is 0. The molecule has 1 amide bonds. The van der Waals surface area contributed by atoms with Gasteiger partial charge in [0.1, 0.15) is 12.1 Å². The normalized spacial score (nSPS) is 18.1. The molecule has 1 saturated heterocycles. The van der Waals surface area contributed by atoms with Crippen molar-refractivity contribution >= 4 is 11.7 Å². The van der Waals surface area contributed by atoms with E-state index in [-0.39, 0.29) is 5.91 Å². The Morgan fingerprint density at radius 3 is 2.67 bits per heavy atom. The van der Waals surface area contributed by atoms with Gasteiger partial charge in [0.15, 0.2) is 6.10 Å². The van der Waals surface area contributed by atoms with Crippen LogP contribution < -0.4 is 4.90 Å². The zero-order valence-corrected chi connectivity index (χ0v) is 15.5. The van der Waals surface area contributed by atoms with E-state index in [9.17, 15) is 4.79 Å². The number of fused-ring (bicyclic) bond motifs is 1. The second-order valence-electron chi connectivity index (χ2n) is 6.76. The van der Waals surface area contributed by atoms with Crippen molar-refractivity contribution < 1.29 is 14.3 Å². The third-order valence-corrected chi connectivity index (χ3v) is 5.17. The number of aromatic nitrogens is 2. The summed E-state index contributed by atoms with van der Waals surface area (Å²) in [6.45, 7) is 4.24. The number of carbonyl (C=O) groups excluding carboxylic acids is 1. The molecule has 27 heavy (non-hydrogen) atoms. The number of ether oxygens (including phenoxy) is 2. The van der Waals surface area contributed by atoms with Gasteiger partial charge in [-0.15, -0.1) is 0 Å².